The van der Waals surface area contributed by atoms with Crippen LogP contribution in [0.15, 0.2) is 46.0 Å². The van der Waals surface area contributed by atoms with Crippen LogP contribution in [0.5, 0.6) is 17.2 Å². The topological polar surface area (TPSA) is 80.2 Å². The summed E-state index contributed by atoms with van der Waals surface area (Å²) in [4.78, 5) is 11.9. The number of carbonyl (C=O) groups excluding carboxylic acids is 1. The molecular weight excluding hydrogens is 412 g/mol. The number of hydrazone groups is 1. The van der Waals surface area contributed by atoms with Crippen LogP contribution in [0.25, 0.3) is 0 Å². The number of para-hydroxylation sites is 1. The van der Waals surface area contributed by atoms with Crippen molar-refractivity contribution < 1.29 is 19.4 Å². The number of halogens is 1. The second kappa shape index (κ2) is 8.90. The first-order valence-electron chi connectivity index (χ1n) is 8.33. The Hall–Kier alpha value is -2.54. The molecule has 2 aromatic carbocycles. The van der Waals surface area contributed by atoms with Gasteiger partial charge in [-0.25, -0.2) is 5.43 Å². The monoisotopic (exact) mass is 434 g/mol. The number of rotatable bonds is 6. The molecule has 0 saturated heterocycles. The lowest BCUT2D eigenvalue weighted by Crippen LogP contribution is -2.24. The zero-order valence-electron chi connectivity index (χ0n) is 15.7. The second-order valence-corrected chi connectivity index (χ2v) is 7.73. The molecule has 0 atom stereocenters. The maximum absolute atomic E-state index is 11.9. The lowest BCUT2D eigenvalue weighted by Gasteiger charge is -2.20. The highest BCUT2D eigenvalue weighted by molar-refractivity contribution is 9.10. The molecule has 0 unspecified atom stereocenters. The summed E-state index contributed by atoms with van der Waals surface area (Å²) in [5, 5.41) is 13.8. The molecule has 7 heteroatoms. The quantitative estimate of drug-likeness (QED) is 0.531. The number of aromatic hydroxyl groups is 1. The van der Waals surface area contributed by atoms with Gasteiger partial charge in [-0.15, -0.1) is 0 Å². The van der Waals surface area contributed by atoms with E-state index < -0.39 is 5.91 Å². The first-order valence-corrected chi connectivity index (χ1v) is 9.12. The Kier molecular flexibility index (Phi) is 6.85. The van der Waals surface area contributed by atoms with Gasteiger partial charge in [-0.1, -0.05) is 32.9 Å². The van der Waals surface area contributed by atoms with E-state index in [-0.39, 0.29) is 17.8 Å². The second-order valence-electron chi connectivity index (χ2n) is 6.88. The fourth-order valence-corrected chi connectivity index (χ4v) is 2.74. The van der Waals surface area contributed by atoms with E-state index in [1.54, 1.807) is 18.2 Å². The highest BCUT2D eigenvalue weighted by Gasteiger charge is 2.15. The van der Waals surface area contributed by atoms with E-state index in [2.05, 4.69) is 47.2 Å². The van der Waals surface area contributed by atoms with E-state index in [1.807, 2.05) is 18.2 Å². The highest BCUT2D eigenvalue weighted by atomic mass is 79.9. The van der Waals surface area contributed by atoms with Crippen LogP contribution < -0.4 is 14.9 Å². The van der Waals surface area contributed by atoms with Gasteiger partial charge < -0.3 is 14.6 Å². The number of carbonyl (C=O) groups is 1. The lowest BCUT2D eigenvalue weighted by molar-refractivity contribution is -0.123. The van der Waals surface area contributed by atoms with E-state index in [0.29, 0.717) is 17.1 Å². The van der Waals surface area contributed by atoms with Gasteiger partial charge in [-0.05, 0) is 51.2 Å². The number of nitrogens with one attached hydrogen (secondary N) is 1. The van der Waals surface area contributed by atoms with Crippen LogP contribution in [0.4, 0.5) is 0 Å². The van der Waals surface area contributed by atoms with Crippen molar-refractivity contribution in [3.63, 3.8) is 0 Å². The predicted molar refractivity (Wildman–Crippen MR) is 109 cm³/mol. The number of hydrogen-bond donors (Lipinski definition) is 2. The Balaban J connectivity index is 1.92. The lowest BCUT2D eigenvalue weighted by atomic mass is 9.87. The van der Waals surface area contributed by atoms with Crippen molar-refractivity contribution in [1.29, 1.82) is 0 Å². The molecule has 0 aliphatic heterocycles. The number of nitrogens with zero attached hydrogens (tertiary/aromatic N) is 1. The highest BCUT2D eigenvalue weighted by Crippen LogP contribution is 2.31. The Morgan fingerprint density at radius 1 is 1.26 bits per heavy atom. The van der Waals surface area contributed by atoms with Crippen molar-refractivity contribution in [2.75, 3.05) is 13.7 Å². The smallest absolute Gasteiger partial charge is 0.277 e. The van der Waals surface area contributed by atoms with E-state index >= 15 is 0 Å². The molecule has 0 aromatic heterocycles. The number of benzene rings is 2. The minimum Gasteiger partial charge on any atom is -0.504 e. The number of amides is 1. The molecule has 0 radical (unpaired) electrons. The number of phenolic OH excluding ortho intramolecular Hbond substituents is 1. The van der Waals surface area contributed by atoms with Crippen molar-refractivity contribution in [2.45, 2.75) is 26.2 Å². The molecule has 27 heavy (non-hydrogen) atoms. The molecular formula is C20H23BrN2O4. The molecule has 0 heterocycles. The van der Waals surface area contributed by atoms with Gasteiger partial charge in [0, 0.05) is 5.56 Å². The maximum Gasteiger partial charge on any atom is 0.277 e. The van der Waals surface area contributed by atoms with Crippen LogP contribution in [-0.4, -0.2) is 30.9 Å². The fraction of sp³-hybridized carbons (Fsp3) is 0.300. The van der Waals surface area contributed by atoms with Gasteiger partial charge in [0.05, 0.1) is 17.8 Å². The van der Waals surface area contributed by atoms with Crippen molar-refractivity contribution in [1.82, 2.24) is 5.43 Å². The third-order valence-corrected chi connectivity index (χ3v) is 4.42. The standard InChI is InChI=1S/C20H23BrN2O4/c1-20(2,3)14-8-9-16(15(21)10-14)27-12-18(24)23-22-11-13-6-5-7-17(26-4)19(13)25/h5-11,25H,12H2,1-4H3,(H,23,24)/b22-11-. The van der Waals surface area contributed by atoms with Crippen molar-refractivity contribution in [2.24, 2.45) is 5.10 Å². The molecule has 2 aromatic rings. The average Bonchev–Trinajstić information content (AvgIpc) is 2.61. The Labute approximate surface area is 167 Å². The normalized spacial score (nSPS) is 11.4. The van der Waals surface area contributed by atoms with E-state index in [0.717, 1.165) is 10.0 Å². The molecule has 0 fully saturated rings. The van der Waals surface area contributed by atoms with Crippen LogP contribution in [-0.2, 0) is 10.2 Å². The summed E-state index contributed by atoms with van der Waals surface area (Å²) in [6.07, 6.45) is 1.34. The maximum atomic E-state index is 11.9. The van der Waals surface area contributed by atoms with Crippen molar-refractivity contribution in [3.05, 3.63) is 52.0 Å². The molecule has 0 spiro atoms. The fourth-order valence-electron chi connectivity index (χ4n) is 2.24. The van der Waals surface area contributed by atoms with Gasteiger partial charge in [0.15, 0.2) is 18.1 Å². The number of methoxy groups -OCH3 is 1. The van der Waals surface area contributed by atoms with E-state index in [4.69, 9.17) is 9.47 Å². The van der Waals surface area contributed by atoms with Gasteiger partial charge in [0.1, 0.15) is 5.75 Å². The third kappa shape index (κ3) is 5.72. The van der Waals surface area contributed by atoms with Crippen LogP contribution >= 0.6 is 15.9 Å². The summed E-state index contributed by atoms with van der Waals surface area (Å²) >= 11 is 3.47. The molecule has 144 valence electrons. The number of hydrogen-bond acceptors (Lipinski definition) is 5. The number of phenols is 1. The summed E-state index contributed by atoms with van der Waals surface area (Å²) in [7, 11) is 1.46. The summed E-state index contributed by atoms with van der Waals surface area (Å²) in [6, 6.07) is 10.8. The molecule has 0 saturated carbocycles. The molecule has 0 aliphatic rings. The van der Waals surface area contributed by atoms with Crippen molar-refractivity contribution >= 4 is 28.1 Å². The summed E-state index contributed by atoms with van der Waals surface area (Å²) in [5.41, 5.74) is 3.97. The van der Waals surface area contributed by atoms with Crippen LogP contribution in [0.2, 0.25) is 0 Å². The summed E-state index contributed by atoms with van der Waals surface area (Å²) < 4.78 is 11.3. The zero-order valence-corrected chi connectivity index (χ0v) is 17.3. The Morgan fingerprint density at radius 2 is 2.00 bits per heavy atom. The summed E-state index contributed by atoms with van der Waals surface area (Å²) in [5.74, 6) is 0.447. The predicted octanol–water partition coefficient (Wildman–Crippen LogP) is 3.99. The van der Waals surface area contributed by atoms with Gasteiger partial charge in [-0.3, -0.25) is 4.79 Å². The molecule has 0 bridgehead atoms. The van der Waals surface area contributed by atoms with Gasteiger partial charge >= 0.3 is 0 Å². The van der Waals surface area contributed by atoms with Crippen LogP contribution in [0.3, 0.4) is 0 Å². The molecule has 0 aliphatic carbocycles. The molecule has 2 N–H and O–H groups in total. The summed E-state index contributed by atoms with van der Waals surface area (Å²) in [6.45, 7) is 6.19. The van der Waals surface area contributed by atoms with Gasteiger partial charge in [-0.2, -0.15) is 5.10 Å². The third-order valence-electron chi connectivity index (χ3n) is 3.80. The van der Waals surface area contributed by atoms with Gasteiger partial charge in [0.25, 0.3) is 5.91 Å². The zero-order chi connectivity index (χ0) is 20.0. The SMILES string of the molecule is COc1cccc(/C=N\NC(=O)COc2ccc(C(C)(C)C)cc2Br)c1O. The van der Waals surface area contributed by atoms with E-state index in [1.165, 1.54) is 13.3 Å². The first kappa shape index (κ1) is 20.8. The Bertz CT molecular complexity index is 844. The van der Waals surface area contributed by atoms with Crippen LogP contribution in [0.1, 0.15) is 31.9 Å². The first-order chi connectivity index (χ1) is 12.7. The average molecular weight is 435 g/mol. The molecule has 2 rings (SSSR count). The molecule has 1 amide bonds. The molecule has 6 nitrogen and oxygen atoms in total. The van der Waals surface area contributed by atoms with Crippen LogP contribution in [0, 0.1) is 0 Å². The van der Waals surface area contributed by atoms with E-state index in [9.17, 15) is 9.90 Å². The minimum atomic E-state index is -0.416. The largest absolute Gasteiger partial charge is 0.504 e. The van der Waals surface area contributed by atoms with Gasteiger partial charge in [0.2, 0.25) is 0 Å². The minimum absolute atomic E-state index is 0.0266. The number of ether oxygens (including phenoxy) is 2. The Morgan fingerprint density at radius 3 is 2.63 bits per heavy atom. The van der Waals surface area contributed by atoms with Crippen molar-refractivity contribution in [3.8, 4) is 17.2 Å².